The van der Waals surface area contributed by atoms with Crippen molar-refractivity contribution >= 4 is 16.5 Å². The molecule has 1 aliphatic rings. The lowest BCUT2D eigenvalue weighted by Crippen LogP contribution is -2.30. The summed E-state index contributed by atoms with van der Waals surface area (Å²) in [4.78, 5) is 4.26. The van der Waals surface area contributed by atoms with Crippen molar-refractivity contribution in [3.05, 3.63) is 53.6 Å². The topological polar surface area (TPSA) is 20.3 Å². The van der Waals surface area contributed by atoms with Crippen LogP contribution in [0.15, 0.2) is 52.3 Å². The van der Waals surface area contributed by atoms with Gasteiger partial charge in [-0.1, -0.05) is 29.8 Å². The molecule has 0 bridgehead atoms. The Balaban J connectivity index is 1.98. The van der Waals surface area contributed by atoms with Crippen LogP contribution in [0.1, 0.15) is 30.4 Å². The lowest BCUT2D eigenvalue weighted by molar-refractivity contribution is 0.575. The summed E-state index contributed by atoms with van der Waals surface area (Å²) in [6.07, 6.45) is 3.76. The van der Waals surface area contributed by atoms with Gasteiger partial charge >= 0.3 is 0 Å². The predicted molar refractivity (Wildman–Crippen MR) is 93.1 cm³/mol. The molecule has 3 heteroatoms. The summed E-state index contributed by atoms with van der Waals surface area (Å²) in [6.45, 7) is 6.26. The molecule has 2 nitrogen and oxygen atoms in total. The van der Waals surface area contributed by atoms with Gasteiger partial charge in [-0.2, -0.15) is 0 Å². The SMILES string of the molecule is Cc1ccc(S(=O)c2ccccc2N2CCCCC2)c(C)c1. The van der Waals surface area contributed by atoms with E-state index < -0.39 is 10.8 Å². The van der Waals surface area contributed by atoms with Crippen molar-refractivity contribution in [1.29, 1.82) is 0 Å². The highest BCUT2D eigenvalue weighted by Crippen LogP contribution is 2.30. The lowest BCUT2D eigenvalue weighted by atomic mass is 10.1. The molecule has 1 fully saturated rings. The van der Waals surface area contributed by atoms with Crippen molar-refractivity contribution in [2.45, 2.75) is 42.9 Å². The van der Waals surface area contributed by atoms with Crippen molar-refractivity contribution in [2.24, 2.45) is 0 Å². The van der Waals surface area contributed by atoms with Gasteiger partial charge in [0.25, 0.3) is 0 Å². The van der Waals surface area contributed by atoms with Crippen molar-refractivity contribution in [1.82, 2.24) is 0 Å². The zero-order valence-corrected chi connectivity index (χ0v) is 14.2. The second-order valence-electron chi connectivity index (χ2n) is 6.05. The zero-order valence-electron chi connectivity index (χ0n) is 13.3. The van der Waals surface area contributed by atoms with Gasteiger partial charge in [-0.05, 0) is 56.9 Å². The van der Waals surface area contributed by atoms with Gasteiger partial charge in [0.15, 0.2) is 0 Å². The Kier molecular flexibility index (Phi) is 4.63. The Bertz CT molecular complexity index is 690. The average Bonchev–Trinajstić information content (AvgIpc) is 2.55. The van der Waals surface area contributed by atoms with E-state index >= 15 is 0 Å². The maximum atomic E-state index is 13.1. The molecule has 0 radical (unpaired) electrons. The van der Waals surface area contributed by atoms with E-state index in [9.17, 15) is 4.21 Å². The molecule has 3 rings (SSSR count). The summed E-state index contributed by atoms with van der Waals surface area (Å²) < 4.78 is 13.1. The molecule has 22 heavy (non-hydrogen) atoms. The van der Waals surface area contributed by atoms with Crippen LogP contribution in [0.25, 0.3) is 0 Å². The van der Waals surface area contributed by atoms with Gasteiger partial charge in [0.05, 0.1) is 21.4 Å². The molecule has 1 atom stereocenters. The van der Waals surface area contributed by atoms with Crippen molar-refractivity contribution in [3.63, 3.8) is 0 Å². The fraction of sp³-hybridized carbons (Fsp3) is 0.368. The van der Waals surface area contributed by atoms with Gasteiger partial charge in [0.2, 0.25) is 0 Å². The van der Waals surface area contributed by atoms with Gasteiger partial charge in [-0.3, -0.25) is 0 Å². The average molecular weight is 313 g/mol. The second kappa shape index (κ2) is 6.66. The molecule has 0 amide bonds. The normalized spacial score (nSPS) is 16.5. The van der Waals surface area contributed by atoms with Crippen LogP contribution in [0.5, 0.6) is 0 Å². The molecule has 0 spiro atoms. The third-order valence-corrected chi connectivity index (χ3v) is 5.89. The van der Waals surface area contributed by atoms with Crippen molar-refractivity contribution in [2.75, 3.05) is 18.0 Å². The summed E-state index contributed by atoms with van der Waals surface area (Å²) in [6, 6.07) is 14.3. The third-order valence-electron chi connectivity index (χ3n) is 4.29. The van der Waals surface area contributed by atoms with Crippen molar-refractivity contribution < 1.29 is 4.21 Å². The maximum Gasteiger partial charge on any atom is 0.0873 e. The summed E-state index contributed by atoms with van der Waals surface area (Å²) >= 11 is 0. The Labute approximate surface area is 135 Å². The first-order chi connectivity index (χ1) is 10.7. The van der Waals surface area contributed by atoms with E-state index in [4.69, 9.17) is 0 Å². The largest absolute Gasteiger partial charge is 0.371 e. The molecular formula is C19H23NOS. The van der Waals surface area contributed by atoms with Crippen LogP contribution in [-0.4, -0.2) is 17.3 Å². The number of nitrogens with zero attached hydrogens (tertiary/aromatic N) is 1. The van der Waals surface area contributed by atoms with E-state index in [1.165, 1.54) is 24.8 Å². The second-order valence-corrected chi connectivity index (χ2v) is 7.47. The lowest BCUT2D eigenvalue weighted by Gasteiger charge is -2.30. The quantitative estimate of drug-likeness (QED) is 0.834. The molecule has 0 aliphatic carbocycles. The first-order valence-electron chi connectivity index (χ1n) is 8.00. The summed E-state index contributed by atoms with van der Waals surface area (Å²) in [5.41, 5.74) is 3.45. The Hall–Kier alpha value is -1.61. The van der Waals surface area contributed by atoms with Crippen LogP contribution in [0.2, 0.25) is 0 Å². The molecule has 2 aromatic carbocycles. The van der Waals surface area contributed by atoms with E-state index in [0.29, 0.717) is 0 Å². The van der Waals surface area contributed by atoms with Gasteiger partial charge in [-0.15, -0.1) is 0 Å². The summed E-state index contributed by atoms with van der Waals surface area (Å²) in [5, 5.41) is 0. The molecule has 1 heterocycles. The third kappa shape index (κ3) is 3.09. The van der Waals surface area contributed by atoms with E-state index in [2.05, 4.69) is 24.0 Å². The molecule has 116 valence electrons. The smallest absolute Gasteiger partial charge is 0.0873 e. The molecule has 1 aliphatic heterocycles. The van der Waals surface area contributed by atoms with Crippen LogP contribution in [-0.2, 0) is 10.8 Å². The van der Waals surface area contributed by atoms with Crippen molar-refractivity contribution in [3.8, 4) is 0 Å². The molecule has 1 saturated heterocycles. The Morgan fingerprint density at radius 2 is 1.64 bits per heavy atom. The predicted octanol–water partition coefficient (Wildman–Crippen LogP) is 4.46. The van der Waals surface area contributed by atoms with E-state index in [1.807, 2.05) is 37.3 Å². The Morgan fingerprint density at radius 1 is 0.909 bits per heavy atom. The van der Waals surface area contributed by atoms with E-state index in [1.54, 1.807) is 0 Å². The standard InChI is InChI=1S/C19H23NOS/c1-15-10-11-18(16(2)14-15)22(21)19-9-5-4-8-17(19)20-12-6-3-7-13-20/h4-5,8-11,14H,3,6-7,12-13H2,1-2H3. The van der Waals surface area contributed by atoms with Crippen LogP contribution in [0.4, 0.5) is 5.69 Å². The zero-order chi connectivity index (χ0) is 15.5. The number of hydrogen-bond acceptors (Lipinski definition) is 2. The van der Waals surface area contributed by atoms with Crippen LogP contribution < -0.4 is 4.90 Å². The fourth-order valence-electron chi connectivity index (χ4n) is 3.14. The first kappa shape index (κ1) is 15.3. The van der Waals surface area contributed by atoms with Gasteiger partial charge in [0.1, 0.15) is 0 Å². The number of aryl methyl sites for hydroxylation is 2. The molecule has 1 unspecified atom stereocenters. The number of hydrogen-bond donors (Lipinski definition) is 0. The molecule has 0 saturated carbocycles. The molecular weight excluding hydrogens is 290 g/mol. The number of anilines is 1. The maximum absolute atomic E-state index is 13.1. The van der Waals surface area contributed by atoms with Crippen LogP contribution in [0, 0.1) is 13.8 Å². The van der Waals surface area contributed by atoms with Crippen LogP contribution in [0.3, 0.4) is 0 Å². The van der Waals surface area contributed by atoms with E-state index in [0.717, 1.165) is 34.1 Å². The molecule has 0 N–H and O–H groups in total. The highest BCUT2D eigenvalue weighted by atomic mass is 32.2. The number of rotatable bonds is 3. The monoisotopic (exact) mass is 313 g/mol. The number of benzene rings is 2. The minimum atomic E-state index is -1.12. The first-order valence-corrected chi connectivity index (χ1v) is 9.15. The minimum absolute atomic E-state index is 0.926. The van der Waals surface area contributed by atoms with Crippen LogP contribution >= 0.6 is 0 Å². The Morgan fingerprint density at radius 3 is 2.36 bits per heavy atom. The number of piperidine rings is 1. The van der Waals surface area contributed by atoms with Gasteiger partial charge < -0.3 is 4.90 Å². The highest BCUT2D eigenvalue weighted by Gasteiger charge is 2.19. The van der Waals surface area contributed by atoms with Gasteiger partial charge in [-0.25, -0.2) is 4.21 Å². The minimum Gasteiger partial charge on any atom is -0.371 e. The van der Waals surface area contributed by atoms with E-state index in [-0.39, 0.29) is 0 Å². The highest BCUT2D eigenvalue weighted by molar-refractivity contribution is 7.85. The summed E-state index contributed by atoms with van der Waals surface area (Å²) in [5.74, 6) is 0. The summed E-state index contributed by atoms with van der Waals surface area (Å²) in [7, 11) is -1.12. The molecule has 0 aromatic heterocycles. The number of para-hydroxylation sites is 1. The fourth-order valence-corrected chi connectivity index (χ4v) is 4.50. The molecule has 2 aromatic rings. The van der Waals surface area contributed by atoms with Gasteiger partial charge in [0, 0.05) is 18.0 Å².